The van der Waals surface area contributed by atoms with Gasteiger partial charge < -0.3 is 29.3 Å². The number of carbonyl (C=O) groups is 1. The van der Waals surface area contributed by atoms with Crippen molar-refractivity contribution in [3.63, 3.8) is 0 Å². The van der Waals surface area contributed by atoms with Crippen LogP contribution in [0.1, 0.15) is 12.8 Å². The number of piperidine rings is 1. The Balaban J connectivity index is 1.15. The highest BCUT2D eigenvalue weighted by Crippen LogP contribution is 2.23. The Bertz CT molecular complexity index is 723. The molecule has 1 aromatic rings. The lowest BCUT2D eigenvalue weighted by Crippen LogP contribution is -2.51. The number of benzene rings is 1. The van der Waals surface area contributed by atoms with Crippen molar-refractivity contribution in [3.8, 4) is 5.75 Å². The summed E-state index contributed by atoms with van der Waals surface area (Å²) in [6, 6.07) is 9.81. The molecule has 3 fully saturated rings. The van der Waals surface area contributed by atoms with Crippen LogP contribution in [0.5, 0.6) is 5.75 Å². The number of hydrogen-bond acceptors (Lipinski definition) is 6. The fourth-order valence-electron chi connectivity index (χ4n) is 4.27. The molecule has 0 saturated carbocycles. The van der Waals surface area contributed by atoms with Gasteiger partial charge in [0.1, 0.15) is 12.4 Å². The molecule has 3 aliphatic heterocycles. The third-order valence-corrected chi connectivity index (χ3v) is 6.48. The van der Waals surface area contributed by atoms with Crippen molar-refractivity contribution in [3.05, 3.63) is 30.3 Å². The molecule has 3 saturated heterocycles. The first kappa shape index (κ1) is 22.1. The molecule has 1 unspecified atom stereocenters. The van der Waals surface area contributed by atoms with E-state index in [1.165, 1.54) is 0 Å². The van der Waals surface area contributed by atoms with Gasteiger partial charge in [0.2, 0.25) is 0 Å². The van der Waals surface area contributed by atoms with Crippen LogP contribution in [-0.4, -0.2) is 104 Å². The molecule has 170 valence electrons. The van der Waals surface area contributed by atoms with Crippen molar-refractivity contribution >= 4 is 23.4 Å². The van der Waals surface area contributed by atoms with E-state index in [0.717, 1.165) is 76.2 Å². The zero-order valence-corrected chi connectivity index (χ0v) is 18.7. The van der Waals surface area contributed by atoms with E-state index in [1.54, 1.807) is 0 Å². The molecule has 3 aliphatic rings. The van der Waals surface area contributed by atoms with Crippen LogP contribution >= 0.6 is 12.2 Å². The SMILES string of the molecule is O=C1OC(COc2ccccc2)CN1C1CCN(C(=S)NCCN2CCOCC2)CC1. The van der Waals surface area contributed by atoms with E-state index in [4.69, 9.17) is 26.4 Å². The second-order valence-electron chi connectivity index (χ2n) is 8.19. The summed E-state index contributed by atoms with van der Waals surface area (Å²) >= 11 is 5.59. The van der Waals surface area contributed by atoms with E-state index >= 15 is 0 Å². The molecule has 3 heterocycles. The van der Waals surface area contributed by atoms with Crippen molar-refractivity contribution in [2.45, 2.75) is 25.0 Å². The molecule has 1 amide bonds. The summed E-state index contributed by atoms with van der Waals surface area (Å²) in [5.41, 5.74) is 0. The highest BCUT2D eigenvalue weighted by Gasteiger charge is 2.38. The van der Waals surface area contributed by atoms with Crippen LogP contribution < -0.4 is 10.1 Å². The van der Waals surface area contributed by atoms with Gasteiger partial charge in [-0.2, -0.15) is 0 Å². The van der Waals surface area contributed by atoms with Crippen LogP contribution in [0.15, 0.2) is 30.3 Å². The van der Waals surface area contributed by atoms with Crippen molar-refractivity contribution in [2.75, 3.05) is 65.6 Å². The van der Waals surface area contributed by atoms with Gasteiger partial charge in [0.05, 0.1) is 19.8 Å². The molecule has 1 N–H and O–H groups in total. The average molecular weight is 449 g/mol. The zero-order chi connectivity index (χ0) is 21.5. The maximum atomic E-state index is 12.4. The van der Waals surface area contributed by atoms with Gasteiger partial charge in [0, 0.05) is 45.3 Å². The largest absolute Gasteiger partial charge is 0.490 e. The highest BCUT2D eigenvalue weighted by molar-refractivity contribution is 7.80. The Labute approximate surface area is 189 Å². The van der Waals surface area contributed by atoms with Gasteiger partial charge in [0.25, 0.3) is 0 Å². The van der Waals surface area contributed by atoms with Crippen LogP contribution in [-0.2, 0) is 9.47 Å². The van der Waals surface area contributed by atoms with Crippen molar-refractivity contribution < 1.29 is 19.0 Å². The fraction of sp³-hybridized carbons (Fsp3) is 0.636. The van der Waals surface area contributed by atoms with Gasteiger partial charge in [-0.1, -0.05) is 18.2 Å². The van der Waals surface area contributed by atoms with E-state index < -0.39 is 0 Å². The number of rotatable bonds is 7. The molecule has 0 radical (unpaired) electrons. The van der Waals surface area contributed by atoms with E-state index in [1.807, 2.05) is 35.2 Å². The van der Waals surface area contributed by atoms with Crippen molar-refractivity contribution in [2.24, 2.45) is 0 Å². The van der Waals surface area contributed by atoms with Crippen LogP contribution in [0.25, 0.3) is 0 Å². The summed E-state index contributed by atoms with van der Waals surface area (Å²) in [7, 11) is 0. The normalized spacial score (nSPS) is 23.0. The standard InChI is InChI=1S/C22H32N4O4S/c27-22-26(16-20(30-22)17-29-19-4-2-1-3-5-19)18-6-9-25(10-7-18)21(31)23-8-11-24-12-14-28-15-13-24/h1-5,18,20H,6-17H2,(H,23,31). The number of amides is 1. The second-order valence-corrected chi connectivity index (χ2v) is 8.57. The molecular weight excluding hydrogens is 416 g/mol. The molecule has 1 aromatic carbocycles. The maximum Gasteiger partial charge on any atom is 0.410 e. The van der Waals surface area contributed by atoms with E-state index in [9.17, 15) is 4.79 Å². The molecule has 1 atom stereocenters. The van der Waals surface area contributed by atoms with Gasteiger partial charge in [-0.25, -0.2) is 4.79 Å². The Kier molecular flexibility index (Phi) is 7.82. The van der Waals surface area contributed by atoms with Crippen LogP contribution in [0.2, 0.25) is 0 Å². The molecule has 0 bridgehead atoms. The van der Waals surface area contributed by atoms with Crippen LogP contribution in [0.3, 0.4) is 0 Å². The number of hydrogen-bond donors (Lipinski definition) is 1. The second kappa shape index (κ2) is 11.0. The molecular formula is C22H32N4O4S. The van der Waals surface area contributed by atoms with Gasteiger partial charge >= 0.3 is 6.09 Å². The number of carbonyl (C=O) groups excluding carboxylic acids is 1. The number of para-hydroxylation sites is 1. The number of morpholine rings is 1. The average Bonchev–Trinajstić information content (AvgIpc) is 3.19. The molecule has 8 nitrogen and oxygen atoms in total. The predicted octanol–water partition coefficient (Wildman–Crippen LogP) is 1.56. The minimum atomic E-state index is -0.230. The Morgan fingerprint density at radius 1 is 1.13 bits per heavy atom. The lowest BCUT2D eigenvalue weighted by atomic mass is 10.0. The summed E-state index contributed by atoms with van der Waals surface area (Å²) in [4.78, 5) is 18.9. The Morgan fingerprint density at radius 3 is 2.61 bits per heavy atom. The summed E-state index contributed by atoms with van der Waals surface area (Å²) in [6.07, 6.45) is 1.33. The monoisotopic (exact) mass is 448 g/mol. The lowest BCUT2D eigenvalue weighted by molar-refractivity contribution is 0.0388. The molecule has 4 rings (SSSR count). The van der Waals surface area contributed by atoms with Gasteiger partial charge in [0.15, 0.2) is 11.2 Å². The van der Waals surface area contributed by atoms with Gasteiger partial charge in [-0.3, -0.25) is 4.90 Å². The minimum absolute atomic E-state index is 0.196. The van der Waals surface area contributed by atoms with Crippen LogP contribution in [0.4, 0.5) is 4.79 Å². The van der Waals surface area contributed by atoms with E-state index in [2.05, 4.69) is 15.1 Å². The first-order valence-corrected chi connectivity index (χ1v) is 11.6. The molecule has 9 heteroatoms. The number of nitrogens with zero attached hydrogens (tertiary/aromatic N) is 3. The van der Waals surface area contributed by atoms with Crippen molar-refractivity contribution in [1.29, 1.82) is 0 Å². The Hall–Kier alpha value is -2.10. The molecule has 0 aromatic heterocycles. The topological polar surface area (TPSA) is 66.5 Å². The number of nitrogens with one attached hydrogen (secondary N) is 1. The first-order chi connectivity index (χ1) is 15.2. The first-order valence-electron chi connectivity index (χ1n) is 11.2. The van der Waals surface area contributed by atoms with Crippen molar-refractivity contribution in [1.82, 2.24) is 20.0 Å². The minimum Gasteiger partial charge on any atom is -0.490 e. The number of likely N-dealkylation sites (tertiary alicyclic amines) is 1. The third kappa shape index (κ3) is 6.21. The van der Waals surface area contributed by atoms with E-state index in [-0.39, 0.29) is 18.2 Å². The summed E-state index contributed by atoms with van der Waals surface area (Å²) in [6.45, 7) is 8.10. The number of cyclic esters (lactones) is 1. The molecule has 0 aliphatic carbocycles. The zero-order valence-electron chi connectivity index (χ0n) is 17.9. The van der Waals surface area contributed by atoms with Gasteiger partial charge in [-0.15, -0.1) is 0 Å². The summed E-state index contributed by atoms with van der Waals surface area (Å²) < 4.78 is 16.7. The third-order valence-electron chi connectivity index (χ3n) is 6.08. The smallest absolute Gasteiger partial charge is 0.410 e. The Morgan fingerprint density at radius 2 is 1.87 bits per heavy atom. The number of thiocarbonyl (C=S) groups is 1. The molecule has 31 heavy (non-hydrogen) atoms. The van der Waals surface area contributed by atoms with Gasteiger partial charge in [-0.05, 0) is 37.2 Å². The highest BCUT2D eigenvalue weighted by atomic mass is 32.1. The predicted molar refractivity (Wildman–Crippen MR) is 121 cm³/mol. The summed E-state index contributed by atoms with van der Waals surface area (Å²) in [5.74, 6) is 0.792. The molecule has 0 spiro atoms. The van der Waals surface area contributed by atoms with E-state index in [0.29, 0.717) is 13.2 Å². The fourth-order valence-corrected chi connectivity index (χ4v) is 4.56. The quantitative estimate of drug-likeness (QED) is 0.631. The van der Waals surface area contributed by atoms with Crippen LogP contribution in [0, 0.1) is 0 Å². The number of ether oxygens (including phenoxy) is 3. The lowest BCUT2D eigenvalue weighted by Gasteiger charge is -2.37. The summed E-state index contributed by atoms with van der Waals surface area (Å²) in [5, 5.41) is 4.20. The maximum absolute atomic E-state index is 12.4.